The third-order valence-electron chi connectivity index (χ3n) is 1.74. The van der Waals surface area contributed by atoms with Gasteiger partial charge in [-0.15, -0.1) is 0 Å². The van der Waals surface area contributed by atoms with E-state index in [1.165, 1.54) is 0 Å². The van der Waals surface area contributed by atoms with Gasteiger partial charge >= 0.3 is 0 Å². The van der Waals surface area contributed by atoms with Crippen LogP contribution in [0.5, 0.6) is 5.75 Å². The highest BCUT2D eigenvalue weighted by atomic mass is 16.5. The second kappa shape index (κ2) is 2.89. The number of ether oxygens (including phenoxy) is 1. The summed E-state index contributed by atoms with van der Waals surface area (Å²) in [5.41, 5.74) is 0.833. The van der Waals surface area contributed by atoms with Crippen molar-refractivity contribution in [1.29, 1.82) is 0 Å². The Kier molecular flexibility index (Phi) is 1.74. The van der Waals surface area contributed by atoms with Crippen molar-refractivity contribution in [2.45, 2.75) is 6.92 Å². The normalized spacial score (nSPS) is 10.4. The molecular weight excluding hydrogens is 152 g/mol. The molecule has 0 spiro atoms. The van der Waals surface area contributed by atoms with Crippen LogP contribution in [0.15, 0.2) is 34.9 Å². The Hall–Kier alpha value is -1.44. The summed E-state index contributed by atoms with van der Waals surface area (Å²) < 4.78 is 10.7. The highest BCUT2D eigenvalue weighted by molar-refractivity contribution is 5.82. The molecule has 12 heavy (non-hydrogen) atoms. The van der Waals surface area contributed by atoms with Gasteiger partial charge in [0.1, 0.15) is 0 Å². The van der Waals surface area contributed by atoms with E-state index in [1.54, 1.807) is 6.26 Å². The fourth-order valence-corrected chi connectivity index (χ4v) is 1.23. The van der Waals surface area contributed by atoms with Gasteiger partial charge in [0.15, 0.2) is 11.3 Å². The first kappa shape index (κ1) is 7.22. The highest BCUT2D eigenvalue weighted by Crippen LogP contribution is 2.25. The number of furan rings is 1. The van der Waals surface area contributed by atoms with Crippen LogP contribution in [0.4, 0.5) is 0 Å². The molecule has 0 aliphatic heterocycles. The van der Waals surface area contributed by atoms with Crippen molar-refractivity contribution in [3.8, 4) is 5.75 Å². The van der Waals surface area contributed by atoms with Gasteiger partial charge in [-0.25, -0.2) is 0 Å². The van der Waals surface area contributed by atoms with Crippen LogP contribution in [0, 0.1) is 0 Å². The Labute approximate surface area is 70.8 Å². The molecule has 0 N–H and O–H groups in total. The SMILES string of the molecule is CCOc1cccc2ccoc12. The zero-order valence-corrected chi connectivity index (χ0v) is 6.91. The van der Waals surface area contributed by atoms with Crippen LogP contribution in [0.3, 0.4) is 0 Å². The molecular formula is C10H10O2. The Morgan fingerprint density at radius 2 is 2.25 bits per heavy atom. The van der Waals surface area contributed by atoms with Crippen molar-refractivity contribution < 1.29 is 9.15 Å². The van der Waals surface area contributed by atoms with Crippen LogP contribution in [0.1, 0.15) is 6.92 Å². The predicted molar refractivity (Wildman–Crippen MR) is 47.4 cm³/mol. The van der Waals surface area contributed by atoms with E-state index in [2.05, 4.69) is 0 Å². The van der Waals surface area contributed by atoms with Crippen LogP contribution >= 0.6 is 0 Å². The quantitative estimate of drug-likeness (QED) is 0.677. The Balaban J connectivity index is 2.57. The minimum Gasteiger partial charge on any atom is -0.490 e. The first-order valence-electron chi connectivity index (χ1n) is 4.01. The second-order valence-electron chi connectivity index (χ2n) is 2.53. The summed E-state index contributed by atoms with van der Waals surface area (Å²) in [5.74, 6) is 0.819. The van der Waals surface area contributed by atoms with E-state index in [-0.39, 0.29) is 0 Å². The maximum absolute atomic E-state index is 5.38. The van der Waals surface area contributed by atoms with Crippen molar-refractivity contribution in [2.24, 2.45) is 0 Å². The van der Waals surface area contributed by atoms with E-state index in [9.17, 15) is 0 Å². The summed E-state index contributed by atoms with van der Waals surface area (Å²) in [7, 11) is 0. The van der Waals surface area contributed by atoms with Crippen molar-refractivity contribution in [3.63, 3.8) is 0 Å². The lowest BCUT2D eigenvalue weighted by atomic mass is 10.2. The van der Waals surface area contributed by atoms with Gasteiger partial charge in [-0.3, -0.25) is 0 Å². The standard InChI is InChI=1S/C10H10O2/c1-2-11-9-5-3-4-8-6-7-12-10(8)9/h3-7H,2H2,1H3. The number of fused-ring (bicyclic) bond motifs is 1. The van der Waals surface area contributed by atoms with E-state index in [0.717, 1.165) is 16.7 Å². The average Bonchev–Trinajstić information content (AvgIpc) is 2.53. The van der Waals surface area contributed by atoms with Crippen LogP contribution in [0.25, 0.3) is 11.0 Å². The van der Waals surface area contributed by atoms with Gasteiger partial charge < -0.3 is 9.15 Å². The largest absolute Gasteiger partial charge is 0.490 e. The van der Waals surface area contributed by atoms with E-state index in [0.29, 0.717) is 6.61 Å². The van der Waals surface area contributed by atoms with Gasteiger partial charge in [0.25, 0.3) is 0 Å². The molecule has 1 heterocycles. The second-order valence-corrected chi connectivity index (χ2v) is 2.53. The highest BCUT2D eigenvalue weighted by Gasteiger charge is 2.02. The zero-order chi connectivity index (χ0) is 8.39. The van der Waals surface area contributed by atoms with Gasteiger partial charge in [0, 0.05) is 5.39 Å². The smallest absolute Gasteiger partial charge is 0.175 e. The number of benzene rings is 1. The molecule has 2 nitrogen and oxygen atoms in total. The maximum Gasteiger partial charge on any atom is 0.175 e. The molecule has 0 aliphatic carbocycles. The Morgan fingerprint density at radius 1 is 1.33 bits per heavy atom. The molecule has 0 radical (unpaired) electrons. The summed E-state index contributed by atoms with van der Waals surface area (Å²) in [6, 6.07) is 7.80. The van der Waals surface area contributed by atoms with Crippen LogP contribution < -0.4 is 4.74 Å². The summed E-state index contributed by atoms with van der Waals surface area (Å²) in [5, 5.41) is 1.08. The summed E-state index contributed by atoms with van der Waals surface area (Å²) in [4.78, 5) is 0. The summed E-state index contributed by atoms with van der Waals surface area (Å²) >= 11 is 0. The van der Waals surface area contributed by atoms with Gasteiger partial charge in [0.05, 0.1) is 12.9 Å². The number of hydrogen-bond donors (Lipinski definition) is 0. The molecule has 0 saturated heterocycles. The van der Waals surface area contributed by atoms with Crippen LogP contribution in [0.2, 0.25) is 0 Å². The molecule has 0 fully saturated rings. The van der Waals surface area contributed by atoms with Gasteiger partial charge in [-0.05, 0) is 19.1 Å². The first-order valence-corrected chi connectivity index (χ1v) is 4.01. The van der Waals surface area contributed by atoms with Gasteiger partial charge in [-0.2, -0.15) is 0 Å². The summed E-state index contributed by atoms with van der Waals surface area (Å²) in [6.07, 6.45) is 1.67. The number of hydrogen-bond acceptors (Lipinski definition) is 2. The molecule has 2 rings (SSSR count). The van der Waals surface area contributed by atoms with Crippen molar-refractivity contribution >= 4 is 11.0 Å². The van der Waals surface area contributed by atoms with Gasteiger partial charge in [-0.1, -0.05) is 12.1 Å². The average molecular weight is 162 g/mol. The fraction of sp³-hybridized carbons (Fsp3) is 0.200. The molecule has 0 saturated carbocycles. The molecule has 1 aromatic heterocycles. The minimum atomic E-state index is 0.666. The van der Waals surface area contributed by atoms with E-state index < -0.39 is 0 Å². The molecule has 0 atom stereocenters. The van der Waals surface area contributed by atoms with Crippen LogP contribution in [-0.4, -0.2) is 6.61 Å². The Bertz CT molecular complexity index is 376. The van der Waals surface area contributed by atoms with Crippen LogP contribution in [-0.2, 0) is 0 Å². The monoisotopic (exact) mass is 162 g/mol. The molecule has 0 amide bonds. The van der Waals surface area contributed by atoms with Crippen molar-refractivity contribution in [3.05, 3.63) is 30.5 Å². The van der Waals surface area contributed by atoms with E-state index in [1.807, 2.05) is 31.2 Å². The minimum absolute atomic E-state index is 0.666. The number of rotatable bonds is 2. The zero-order valence-electron chi connectivity index (χ0n) is 6.91. The molecule has 0 aliphatic rings. The lowest BCUT2D eigenvalue weighted by Gasteiger charge is -2.01. The molecule has 0 bridgehead atoms. The maximum atomic E-state index is 5.38. The number of para-hydroxylation sites is 1. The molecule has 2 heteroatoms. The topological polar surface area (TPSA) is 22.4 Å². The van der Waals surface area contributed by atoms with Crippen molar-refractivity contribution in [1.82, 2.24) is 0 Å². The third-order valence-corrected chi connectivity index (χ3v) is 1.74. The Morgan fingerprint density at radius 3 is 3.08 bits per heavy atom. The lowest BCUT2D eigenvalue weighted by Crippen LogP contribution is -1.90. The predicted octanol–water partition coefficient (Wildman–Crippen LogP) is 2.83. The molecule has 2 aromatic rings. The van der Waals surface area contributed by atoms with Gasteiger partial charge in [0.2, 0.25) is 0 Å². The molecule has 1 aromatic carbocycles. The lowest BCUT2D eigenvalue weighted by molar-refractivity contribution is 0.338. The van der Waals surface area contributed by atoms with E-state index >= 15 is 0 Å². The fourth-order valence-electron chi connectivity index (χ4n) is 1.23. The third kappa shape index (κ3) is 1.05. The molecule has 0 unspecified atom stereocenters. The first-order chi connectivity index (χ1) is 5.92. The van der Waals surface area contributed by atoms with E-state index in [4.69, 9.17) is 9.15 Å². The summed E-state index contributed by atoms with van der Waals surface area (Å²) in [6.45, 7) is 2.63. The van der Waals surface area contributed by atoms with Crippen molar-refractivity contribution in [2.75, 3.05) is 6.61 Å². The molecule has 62 valence electrons.